The Morgan fingerprint density at radius 1 is 1.02 bits per heavy atom. The van der Waals surface area contributed by atoms with Crippen LogP contribution in [0.4, 0.5) is 8.78 Å². The zero-order valence-electron chi connectivity index (χ0n) is 22.6. The second-order valence-electron chi connectivity index (χ2n) is 10.6. The predicted molar refractivity (Wildman–Crippen MR) is 155 cm³/mol. The minimum absolute atomic E-state index is 0.113. The summed E-state index contributed by atoms with van der Waals surface area (Å²) >= 11 is 18.3. The minimum Gasteiger partial charge on any atom is -0.342 e. The number of carbonyl (C=O) groups is 3. The van der Waals surface area contributed by atoms with Crippen LogP contribution in [0.3, 0.4) is 0 Å². The van der Waals surface area contributed by atoms with Crippen LogP contribution in [0.25, 0.3) is 0 Å². The Bertz CT molecular complexity index is 1510. The van der Waals surface area contributed by atoms with Crippen molar-refractivity contribution in [3.8, 4) is 0 Å². The van der Waals surface area contributed by atoms with Crippen molar-refractivity contribution in [3.05, 3.63) is 63.1 Å². The second-order valence-corrected chi connectivity index (χ2v) is 13.7. The van der Waals surface area contributed by atoms with Crippen molar-refractivity contribution < 1.29 is 31.6 Å². The third kappa shape index (κ3) is 6.62. The largest absolute Gasteiger partial charge is 0.342 e. The van der Waals surface area contributed by atoms with Crippen LogP contribution in [0.2, 0.25) is 15.1 Å². The Labute approximate surface area is 262 Å². The number of nitrogens with zero attached hydrogens (tertiary/aromatic N) is 3. The number of rotatable bonds is 8. The number of piperazine rings is 1. The maximum Gasteiger partial charge on any atom is 0.255 e. The van der Waals surface area contributed by atoms with Crippen LogP contribution < -0.4 is 10.6 Å². The number of benzene rings is 2. The highest BCUT2D eigenvalue weighted by Gasteiger charge is 2.54. The number of halogens is 5. The molecule has 10 nitrogen and oxygen atoms in total. The normalized spacial score (nSPS) is 24.9. The van der Waals surface area contributed by atoms with E-state index in [1.807, 2.05) is 0 Å². The van der Waals surface area contributed by atoms with Crippen LogP contribution in [0.5, 0.6) is 0 Å². The van der Waals surface area contributed by atoms with E-state index in [1.165, 1.54) is 18.2 Å². The first-order valence-electron chi connectivity index (χ1n) is 13.5. The molecule has 2 aromatic carbocycles. The van der Waals surface area contributed by atoms with Gasteiger partial charge in [0.05, 0.1) is 24.2 Å². The van der Waals surface area contributed by atoms with E-state index in [0.29, 0.717) is 23.6 Å². The first kappa shape index (κ1) is 31.9. The van der Waals surface area contributed by atoms with Crippen molar-refractivity contribution >= 4 is 62.5 Å². The molecule has 3 fully saturated rings. The summed E-state index contributed by atoms with van der Waals surface area (Å²) in [5.41, 5.74) is 0.560. The van der Waals surface area contributed by atoms with Gasteiger partial charge in [0.1, 0.15) is 23.1 Å². The van der Waals surface area contributed by atoms with Gasteiger partial charge >= 0.3 is 0 Å². The van der Waals surface area contributed by atoms with Crippen molar-refractivity contribution in [1.82, 2.24) is 24.7 Å². The average Bonchev–Trinajstić information content (AvgIpc) is 3.48. The summed E-state index contributed by atoms with van der Waals surface area (Å²) in [6.45, 7) is -1.37. The number of amides is 3. The molecule has 0 aliphatic carbocycles. The van der Waals surface area contributed by atoms with Crippen LogP contribution in [0, 0.1) is 0 Å². The van der Waals surface area contributed by atoms with E-state index in [9.17, 15) is 31.6 Å². The number of hydrogen-bond acceptors (Lipinski definition) is 6. The van der Waals surface area contributed by atoms with E-state index in [-0.39, 0.29) is 21.4 Å². The molecule has 43 heavy (non-hydrogen) atoms. The van der Waals surface area contributed by atoms with Gasteiger partial charge in [-0.1, -0.05) is 46.9 Å². The van der Waals surface area contributed by atoms with Crippen LogP contribution >= 0.6 is 34.8 Å². The molecule has 3 saturated heterocycles. The lowest BCUT2D eigenvalue weighted by molar-refractivity contribution is -0.169. The van der Waals surface area contributed by atoms with Crippen molar-refractivity contribution in [2.45, 2.75) is 54.9 Å². The average molecular weight is 679 g/mol. The molecule has 16 heteroatoms. The summed E-state index contributed by atoms with van der Waals surface area (Å²) in [6.07, 6.45) is -3.11. The van der Waals surface area contributed by atoms with Crippen molar-refractivity contribution in [1.29, 1.82) is 0 Å². The Hall–Kier alpha value is -2.55. The van der Waals surface area contributed by atoms with Gasteiger partial charge in [-0.2, -0.15) is 4.31 Å². The zero-order valence-corrected chi connectivity index (χ0v) is 25.6. The van der Waals surface area contributed by atoms with E-state index >= 15 is 0 Å². The highest BCUT2D eigenvalue weighted by atomic mass is 35.5. The fourth-order valence-corrected chi connectivity index (χ4v) is 8.18. The number of hydrogen-bond donors (Lipinski definition) is 2. The van der Waals surface area contributed by atoms with Crippen molar-refractivity contribution in [2.75, 3.05) is 26.2 Å². The summed E-state index contributed by atoms with van der Waals surface area (Å²) in [4.78, 5) is 42.4. The number of nitrogens with one attached hydrogen (secondary N) is 2. The van der Waals surface area contributed by atoms with Crippen molar-refractivity contribution in [2.24, 2.45) is 0 Å². The summed E-state index contributed by atoms with van der Waals surface area (Å²) in [5.74, 6) is -1.96. The standard InChI is InChI=1S/C27H28Cl3F2N5O5S/c28-16-5-3-15(4-6-16)10-21-27(40)35(13-23(31)32)14-24-36(43(41,42)22-8-7-17(29)11-18(22)30)12-20(26(39)37(21)24)34-25(38)19-2-1-9-33-19/h3-8,11,19-21,23-24,33H,1-2,9-10,12-14H2,(H,34,38). The van der Waals surface area contributed by atoms with Gasteiger partial charge in [-0.05, 0) is 55.3 Å². The van der Waals surface area contributed by atoms with Gasteiger partial charge in [0.2, 0.25) is 27.7 Å². The van der Waals surface area contributed by atoms with E-state index in [1.54, 1.807) is 24.3 Å². The molecule has 232 valence electrons. The highest BCUT2D eigenvalue weighted by Crippen LogP contribution is 2.35. The third-order valence-corrected chi connectivity index (χ3v) is 10.6. The molecule has 3 amide bonds. The van der Waals surface area contributed by atoms with E-state index in [2.05, 4.69) is 10.6 Å². The lowest BCUT2D eigenvalue weighted by Crippen LogP contribution is -2.76. The fourth-order valence-electron chi connectivity index (χ4n) is 5.72. The monoisotopic (exact) mass is 677 g/mol. The Kier molecular flexibility index (Phi) is 9.50. The maximum atomic E-state index is 14.2. The van der Waals surface area contributed by atoms with Gasteiger partial charge in [-0.3, -0.25) is 14.4 Å². The van der Waals surface area contributed by atoms with Gasteiger partial charge in [0.15, 0.2) is 0 Å². The van der Waals surface area contributed by atoms with Gasteiger partial charge in [-0.15, -0.1) is 0 Å². The molecule has 0 aromatic heterocycles. The fraction of sp³-hybridized carbons (Fsp3) is 0.444. The van der Waals surface area contributed by atoms with E-state index < -0.39 is 78.1 Å². The lowest BCUT2D eigenvalue weighted by Gasteiger charge is -2.53. The molecular weight excluding hydrogens is 651 g/mol. The van der Waals surface area contributed by atoms with E-state index in [4.69, 9.17) is 34.8 Å². The second kappa shape index (κ2) is 12.8. The lowest BCUT2D eigenvalue weighted by atomic mass is 9.97. The molecule has 0 spiro atoms. The smallest absolute Gasteiger partial charge is 0.255 e. The Morgan fingerprint density at radius 2 is 1.72 bits per heavy atom. The van der Waals surface area contributed by atoms with Gasteiger partial charge < -0.3 is 20.4 Å². The van der Waals surface area contributed by atoms with Crippen LogP contribution in [-0.4, -0.2) is 97.1 Å². The molecule has 3 aliphatic rings. The molecule has 0 bridgehead atoms. The van der Waals surface area contributed by atoms with Gasteiger partial charge in [0.25, 0.3) is 6.43 Å². The summed E-state index contributed by atoms with van der Waals surface area (Å²) < 4.78 is 56.5. The quantitative estimate of drug-likeness (QED) is 0.444. The van der Waals surface area contributed by atoms with Crippen LogP contribution in [0.1, 0.15) is 18.4 Å². The molecule has 4 unspecified atom stereocenters. The molecule has 2 aromatic rings. The van der Waals surface area contributed by atoms with Crippen LogP contribution in [0.15, 0.2) is 47.4 Å². The highest BCUT2D eigenvalue weighted by molar-refractivity contribution is 7.89. The van der Waals surface area contributed by atoms with Crippen molar-refractivity contribution in [3.63, 3.8) is 0 Å². The zero-order chi connectivity index (χ0) is 31.1. The first-order chi connectivity index (χ1) is 20.4. The third-order valence-electron chi connectivity index (χ3n) is 7.76. The van der Waals surface area contributed by atoms with Gasteiger partial charge in [-0.25, -0.2) is 17.2 Å². The molecule has 5 rings (SSSR count). The molecule has 3 heterocycles. The molecule has 0 radical (unpaired) electrons. The first-order valence-corrected chi connectivity index (χ1v) is 16.1. The number of alkyl halides is 2. The number of carbonyl (C=O) groups excluding carboxylic acids is 3. The molecule has 0 saturated carbocycles. The van der Waals surface area contributed by atoms with Crippen LogP contribution in [-0.2, 0) is 30.8 Å². The Morgan fingerprint density at radius 3 is 2.35 bits per heavy atom. The number of sulfonamides is 1. The SMILES string of the molecule is O=C(NC1CN(S(=O)(=O)c2ccc(Cl)cc2Cl)C2CN(CC(F)F)C(=O)C(Cc3ccc(Cl)cc3)N2C1=O)C1CCCN1. The summed E-state index contributed by atoms with van der Waals surface area (Å²) in [7, 11) is -4.52. The Balaban J connectivity index is 1.59. The molecule has 4 atom stereocenters. The number of fused-ring (bicyclic) bond motifs is 1. The maximum absolute atomic E-state index is 14.2. The topological polar surface area (TPSA) is 119 Å². The molecule has 2 N–H and O–H groups in total. The molecule has 3 aliphatic heterocycles. The molecular formula is C27H28Cl3F2N5O5S. The van der Waals surface area contributed by atoms with E-state index in [0.717, 1.165) is 20.5 Å². The summed E-state index contributed by atoms with van der Waals surface area (Å²) in [6, 6.07) is 6.88. The van der Waals surface area contributed by atoms with Gasteiger partial charge in [0, 0.05) is 23.0 Å². The predicted octanol–water partition coefficient (Wildman–Crippen LogP) is 2.76. The summed E-state index contributed by atoms with van der Waals surface area (Å²) in [5, 5.41) is 6.10. The minimum atomic E-state index is -4.52.